The van der Waals surface area contributed by atoms with Crippen LogP contribution in [-0.2, 0) is 0 Å². The van der Waals surface area contributed by atoms with Crippen molar-refractivity contribution in [1.82, 2.24) is 10.2 Å². The van der Waals surface area contributed by atoms with Gasteiger partial charge >= 0.3 is 0 Å². The fourth-order valence-corrected chi connectivity index (χ4v) is 3.33. The number of nitrogens with zero attached hydrogens (tertiary/aromatic N) is 1. The Kier molecular flexibility index (Phi) is 4.66. The number of piperazine rings is 1. The summed E-state index contributed by atoms with van der Waals surface area (Å²) in [6, 6.07) is 0.743. The van der Waals surface area contributed by atoms with Crippen LogP contribution in [0.1, 0.15) is 46.0 Å². The molecule has 0 aromatic heterocycles. The second-order valence-corrected chi connectivity index (χ2v) is 5.84. The fraction of sp³-hybridized carbons (Fsp3) is 1.00. The van der Waals surface area contributed by atoms with E-state index in [0.717, 1.165) is 17.9 Å². The molecule has 16 heavy (non-hydrogen) atoms. The van der Waals surface area contributed by atoms with Gasteiger partial charge in [-0.25, -0.2) is 0 Å². The summed E-state index contributed by atoms with van der Waals surface area (Å²) in [5, 5.41) is 3.61. The van der Waals surface area contributed by atoms with Crippen molar-refractivity contribution in [3.05, 3.63) is 0 Å². The van der Waals surface area contributed by atoms with E-state index in [0.29, 0.717) is 0 Å². The molecule has 1 aliphatic heterocycles. The largest absolute Gasteiger partial charge is 0.311 e. The van der Waals surface area contributed by atoms with E-state index in [1.165, 1.54) is 58.3 Å². The molecule has 2 rings (SSSR count). The Morgan fingerprint density at radius 1 is 1.25 bits per heavy atom. The molecular weight excluding hydrogens is 196 g/mol. The van der Waals surface area contributed by atoms with Crippen molar-refractivity contribution < 1.29 is 0 Å². The van der Waals surface area contributed by atoms with Crippen LogP contribution < -0.4 is 5.32 Å². The number of hydrogen-bond acceptors (Lipinski definition) is 2. The minimum Gasteiger partial charge on any atom is -0.311 e. The van der Waals surface area contributed by atoms with Gasteiger partial charge in [0.15, 0.2) is 0 Å². The minimum absolute atomic E-state index is 0.743. The summed E-state index contributed by atoms with van der Waals surface area (Å²) in [7, 11) is 0. The van der Waals surface area contributed by atoms with Gasteiger partial charge in [0.1, 0.15) is 0 Å². The molecule has 2 heteroatoms. The predicted molar refractivity (Wildman–Crippen MR) is 69.6 cm³/mol. The molecule has 1 heterocycles. The maximum Gasteiger partial charge on any atom is 0.0192 e. The van der Waals surface area contributed by atoms with Crippen LogP contribution >= 0.6 is 0 Å². The molecule has 0 aromatic carbocycles. The lowest BCUT2D eigenvalue weighted by Gasteiger charge is -2.38. The summed E-state index contributed by atoms with van der Waals surface area (Å²) in [4.78, 5) is 2.71. The lowest BCUT2D eigenvalue weighted by atomic mass is 9.80. The Balaban J connectivity index is 1.79. The Bertz CT molecular complexity index is 205. The van der Waals surface area contributed by atoms with Crippen LogP contribution in [0.4, 0.5) is 0 Å². The van der Waals surface area contributed by atoms with Gasteiger partial charge in [-0.05, 0) is 24.7 Å². The molecule has 3 unspecified atom stereocenters. The number of rotatable bonds is 3. The number of hydrogen-bond donors (Lipinski definition) is 1. The van der Waals surface area contributed by atoms with Crippen molar-refractivity contribution in [1.29, 1.82) is 0 Å². The molecule has 0 radical (unpaired) electrons. The van der Waals surface area contributed by atoms with Crippen LogP contribution in [0.5, 0.6) is 0 Å². The van der Waals surface area contributed by atoms with Crippen molar-refractivity contribution in [3.63, 3.8) is 0 Å². The van der Waals surface area contributed by atoms with E-state index in [2.05, 4.69) is 24.1 Å². The molecule has 2 aliphatic rings. The first-order valence-electron chi connectivity index (χ1n) is 7.25. The van der Waals surface area contributed by atoms with Crippen LogP contribution in [0.25, 0.3) is 0 Å². The first-order chi connectivity index (χ1) is 7.79. The van der Waals surface area contributed by atoms with Gasteiger partial charge in [0.25, 0.3) is 0 Å². The van der Waals surface area contributed by atoms with Crippen LogP contribution in [-0.4, -0.2) is 37.1 Å². The standard InChI is InChI=1S/C14H28N2/c1-3-14-11-16(9-8-15-14)10-13-7-5-4-6-12(13)2/h12-15H,3-11H2,1-2H3. The summed E-state index contributed by atoms with van der Waals surface area (Å²) in [5.41, 5.74) is 0. The summed E-state index contributed by atoms with van der Waals surface area (Å²) in [6.07, 6.45) is 7.15. The zero-order valence-corrected chi connectivity index (χ0v) is 11.0. The predicted octanol–water partition coefficient (Wildman–Crippen LogP) is 2.50. The summed E-state index contributed by atoms with van der Waals surface area (Å²) in [6.45, 7) is 9.85. The molecule has 0 bridgehead atoms. The minimum atomic E-state index is 0.743. The zero-order chi connectivity index (χ0) is 11.4. The summed E-state index contributed by atoms with van der Waals surface area (Å²) in [5.74, 6) is 1.94. The molecule has 94 valence electrons. The van der Waals surface area contributed by atoms with E-state index in [-0.39, 0.29) is 0 Å². The molecule has 0 amide bonds. The molecule has 0 spiro atoms. The van der Waals surface area contributed by atoms with E-state index < -0.39 is 0 Å². The average Bonchev–Trinajstić information content (AvgIpc) is 2.32. The Labute approximate surface area is 101 Å². The second kappa shape index (κ2) is 6.02. The lowest BCUT2D eigenvalue weighted by Crippen LogP contribution is -2.51. The summed E-state index contributed by atoms with van der Waals surface area (Å²) >= 11 is 0. The smallest absolute Gasteiger partial charge is 0.0192 e. The van der Waals surface area contributed by atoms with Gasteiger partial charge in [0, 0.05) is 32.2 Å². The molecule has 1 saturated heterocycles. The Morgan fingerprint density at radius 2 is 2.06 bits per heavy atom. The molecule has 0 aromatic rings. The zero-order valence-electron chi connectivity index (χ0n) is 11.0. The highest BCUT2D eigenvalue weighted by Crippen LogP contribution is 2.30. The SMILES string of the molecule is CCC1CN(CC2CCCCC2C)CCN1. The van der Waals surface area contributed by atoms with Crippen molar-refractivity contribution in [2.24, 2.45) is 11.8 Å². The van der Waals surface area contributed by atoms with Crippen LogP contribution in [0, 0.1) is 11.8 Å². The van der Waals surface area contributed by atoms with Gasteiger partial charge in [-0.2, -0.15) is 0 Å². The Morgan fingerprint density at radius 3 is 2.81 bits per heavy atom. The van der Waals surface area contributed by atoms with Crippen molar-refractivity contribution in [2.45, 2.75) is 52.0 Å². The molecule has 1 aliphatic carbocycles. The van der Waals surface area contributed by atoms with E-state index in [4.69, 9.17) is 0 Å². The maximum absolute atomic E-state index is 3.61. The monoisotopic (exact) mass is 224 g/mol. The van der Waals surface area contributed by atoms with E-state index in [1.807, 2.05) is 0 Å². The van der Waals surface area contributed by atoms with E-state index in [1.54, 1.807) is 0 Å². The highest BCUT2D eigenvalue weighted by molar-refractivity contribution is 4.81. The second-order valence-electron chi connectivity index (χ2n) is 5.84. The van der Waals surface area contributed by atoms with Crippen molar-refractivity contribution in [3.8, 4) is 0 Å². The third-order valence-corrected chi connectivity index (χ3v) is 4.61. The van der Waals surface area contributed by atoms with E-state index in [9.17, 15) is 0 Å². The van der Waals surface area contributed by atoms with Crippen molar-refractivity contribution in [2.75, 3.05) is 26.2 Å². The Hall–Kier alpha value is -0.0800. The summed E-state index contributed by atoms with van der Waals surface area (Å²) < 4.78 is 0. The van der Waals surface area contributed by atoms with Crippen LogP contribution in [0.2, 0.25) is 0 Å². The maximum atomic E-state index is 3.61. The van der Waals surface area contributed by atoms with Gasteiger partial charge in [0.05, 0.1) is 0 Å². The van der Waals surface area contributed by atoms with Gasteiger partial charge in [-0.1, -0.05) is 33.1 Å². The first kappa shape index (κ1) is 12.4. The van der Waals surface area contributed by atoms with Gasteiger partial charge in [-0.3, -0.25) is 0 Å². The van der Waals surface area contributed by atoms with Crippen LogP contribution in [0.3, 0.4) is 0 Å². The molecular formula is C14H28N2. The first-order valence-corrected chi connectivity index (χ1v) is 7.25. The topological polar surface area (TPSA) is 15.3 Å². The normalized spacial score (nSPS) is 37.5. The lowest BCUT2D eigenvalue weighted by molar-refractivity contribution is 0.128. The molecule has 3 atom stereocenters. The highest BCUT2D eigenvalue weighted by atomic mass is 15.2. The van der Waals surface area contributed by atoms with Crippen molar-refractivity contribution >= 4 is 0 Å². The van der Waals surface area contributed by atoms with Crippen LogP contribution in [0.15, 0.2) is 0 Å². The third kappa shape index (κ3) is 3.21. The molecule has 1 saturated carbocycles. The quantitative estimate of drug-likeness (QED) is 0.792. The highest BCUT2D eigenvalue weighted by Gasteiger charge is 2.25. The van der Waals surface area contributed by atoms with Gasteiger partial charge < -0.3 is 10.2 Å². The van der Waals surface area contributed by atoms with E-state index >= 15 is 0 Å². The van der Waals surface area contributed by atoms with Gasteiger partial charge in [0.2, 0.25) is 0 Å². The molecule has 2 fully saturated rings. The van der Waals surface area contributed by atoms with Gasteiger partial charge in [-0.15, -0.1) is 0 Å². The third-order valence-electron chi connectivity index (χ3n) is 4.61. The molecule has 2 nitrogen and oxygen atoms in total. The fourth-order valence-electron chi connectivity index (χ4n) is 3.33. The average molecular weight is 224 g/mol. The number of nitrogens with one attached hydrogen (secondary N) is 1. The molecule has 1 N–H and O–H groups in total.